The van der Waals surface area contributed by atoms with Crippen LogP contribution in [0.4, 0.5) is 5.82 Å². The summed E-state index contributed by atoms with van der Waals surface area (Å²) in [5.41, 5.74) is 2.52. The molecule has 2 heterocycles. The van der Waals surface area contributed by atoms with Gasteiger partial charge in [0.25, 0.3) is 0 Å². The summed E-state index contributed by atoms with van der Waals surface area (Å²) < 4.78 is 0. The van der Waals surface area contributed by atoms with Crippen molar-refractivity contribution >= 4 is 11.7 Å². The second-order valence-electron chi connectivity index (χ2n) is 4.59. The Morgan fingerprint density at radius 1 is 1.40 bits per heavy atom. The highest BCUT2D eigenvalue weighted by Gasteiger charge is 2.12. The highest BCUT2D eigenvalue weighted by atomic mass is 16.2. The highest BCUT2D eigenvalue weighted by Crippen LogP contribution is 2.10. The maximum atomic E-state index is 12.0. The molecule has 2 aromatic rings. The summed E-state index contributed by atoms with van der Waals surface area (Å²) in [6, 6.07) is 1.79. The number of aromatic amines is 2. The van der Waals surface area contributed by atoms with Crippen molar-refractivity contribution in [1.29, 1.82) is 0 Å². The van der Waals surface area contributed by atoms with Crippen LogP contribution >= 0.6 is 0 Å². The molecule has 1 amide bonds. The molecule has 0 unspecified atom stereocenters. The molecule has 2 rings (SSSR count). The minimum atomic E-state index is -0.399. The van der Waals surface area contributed by atoms with Gasteiger partial charge in [0.2, 0.25) is 5.91 Å². The van der Waals surface area contributed by atoms with Gasteiger partial charge in [-0.2, -0.15) is 10.1 Å². The largest absolute Gasteiger partial charge is 0.345 e. The molecule has 7 heteroatoms. The van der Waals surface area contributed by atoms with Crippen LogP contribution in [0.5, 0.6) is 0 Å². The Hall–Kier alpha value is -2.44. The van der Waals surface area contributed by atoms with Gasteiger partial charge in [0.05, 0.1) is 6.42 Å². The van der Waals surface area contributed by atoms with Gasteiger partial charge in [-0.25, -0.2) is 4.79 Å². The molecule has 7 nitrogen and oxygen atoms in total. The van der Waals surface area contributed by atoms with Crippen LogP contribution in [-0.2, 0) is 17.6 Å². The number of carbonyl (C=O) groups excluding carboxylic acids is 1. The lowest BCUT2D eigenvalue weighted by atomic mass is 10.1. The molecule has 0 bridgehead atoms. The normalized spacial score (nSPS) is 10.6. The molecule has 0 spiro atoms. The molecular weight excluding hydrogens is 258 g/mol. The summed E-state index contributed by atoms with van der Waals surface area (Å²) in [5.74, 6) is 0.304. The topological polar surface area (TPSA) is 104 Å². The van der Waals surface area contributed by atoms with Gasteiger partial charge in [-0.3, -0.25) is 9.89 Å². The first kappa shape index (κ1) is 14.0. The number of amides is 1. The van der Waals surface area contributed by atoms with Crippen molar-refractivity contribution in [2.24, 2.45) is 0 Å². The van der Waals surface area contributed by atoms with E-state index in [2.05, 4.69) is 25.5 Å². The second kappa shape index (κ2) is 5.68. The Morgan fingerprint density at radius 2 is 2.15 bits per heavy atom. The molecule has 0 radical (unpaired) electrons. The van der Waals surface area contributed by atoms with Crippen LogP contribution in [0.15, 0.2) is 10.9 Å². The maximum absolute atomic E-state index is 12.0. The number of aryl methyl sites for hydroxylation is 3. The van der Waals surface area contributed by atoms with E-state index in [4.69, 9.17) is 0 Å². The van der Waals surface area contributed by atoms with E-state index in [-0.39, 0.29) is 12.3 Å². The summed E-state index contributed by atoms with van der Waals surface area (Å²) in [4.78, 5) is 29.6. The highest BCUT2D eigenvalue weighted by molar-refractivity contribution is 5.91. The van der Waals surface area contributed by atoms with Crippen molar-refractivity contribution in [2.75, 3.05) is 5.32 Å². The second-order valence-corrected chi connectivity index (χ2v) is 4.59. The predicted molar refractivity (Wildman–Crippen MR) is 74.6 cm³/mol. The maximum Gasteiger partial charge on any atom is 0.345 e. The van der Waals surface area contributed by atoms with E-state index in [1.165, 1.54) is 0 Å². The third-order valence-corrected chi connectivity index (χ3v) is 3.07. The van der Waals surface area contributed by atoms with Crippen molar-refractivity contribution in [2.45, 2.75) is 33.6 Å². The lowest BCUT2D eigenvalue weighted by Gasteiger charge is -2.07. The van der Waals surface area contributed by atoms with Gasteiger partial charge in [-0.1, -0.05) is 6.92 Å². The Kier molecular flexibility index (Phi) is 3.97. The fourth-order valence-electron chi connectivity index (χ4n) is 1.97. The Balaban J connectivity index is 2.10. The van der Waals surface area contributed by atoms with Crippen molar-refractivity contribution in [1.82, 2.24) is 20.2 Å². The quantitative estimate of drug-likeness (QED) is 0.769. The molecule has 3 N–H and O–H groups in total. The van der Waals surface area contributed by atoms with E-state index in [1.54, 1.807) is 19.9 Å². The standard InChI is InChI=1S/C13H17N5O2/c1-4-9-5-11(18-17-9)16-12(19)6-10-7(2)14-13(20)15-8(10)3/h5H,4,6H2,1-3H3,(H,14,15,20)(H2,16,17,18,19). The van der Waals surface area contributed by atoms with Gasteiger partial charge in [0.15, 0.2) is 5.82 Å². The predicted octanol–water partition coefficient (Wildman–Crippen LogP) is 0.853. The number of nitrogens with one attached hydrogen (secondary N) is 3. The fourth-order valence-corrected chi connectivity index (χ4v) is 1.97. The van der Waals surface area contributed by atoms with E-state index >= 15 is 0 Å². The van der Waals surface area contributed by atoms with Gasteiger partial charge in [-0.05, 0) is 20.3 Å². The van der Waals surface area contributed by atoms with Crippen LogP contribution in [0.3, 0.4) is 0 Å². The lowest BCUT2D eigenvalue weighted by molar-refractivity contribution is -0.115. The van der Waals surface area contributed by atoms with Crippen molar-refractivity contribution in [3.8, 4) is 0 Å². The van der Waals surface area contributed by atoms with Crippen LogP contribution < -0.4 is 11.0 Å². The van der Waals surface area contributed by atoms with E-state index in [0.717, 1.165) is 17.7 Å². The van der Waals surface area contributed by atoms with Gasteiger partial charge in [0.1, 0.15) is 0 Å². The van der Waals surface area contributed by atoms with Gasteiger partial charge in [0, 0.05) is 28.7 Å². The summed E-state index contributed by atoms with van der Waals surface area (Å²) in [6.45, 7) is 5.47. The average Bonchev–Trinajstić information content (AvgIpc) is 2.81. The molecule has 0 aliphatic rings. The first-order chi connectivity index (χ1) is 9.49. The summed E-state index contributed by atoms with van der Waals surface area (Å²) in [7, 11) is 0. The number of hydrogen-bond donors (Lipinski definition) is 3. The Bertz CT molecular complexity index is 660. The van der Waals surface area contributed by atoms with Gasteiger partial charge in [-0.15, -0.1) is 0 Å². The van der Waals surface area contributed by atoms with Crippen LogP contribution in [0.2, 0.25) is 0 Å². The summed E-state index contributed by atoms with van der Waals surface area (Å²) in [6.07, 6.45) is 0.973. The van der Waals surface area contributed by atoms with Gasteiger partial charge < -0.3 is 10.3 Å². The third-order valence-electron chi connectivity index (χ3n) is 3.07. The number of aromatic nitrogens is 4. The molecule has 0 atom stereocenters. The van der Waals surface area contributed by atoms with Crippen LogP contribution in [0, 0.1) is 13.8 Å². The molecule has 106 valence electrons. The zero-order valence-corrected chi connectivity index (χ0v) is 11.7. The van der Waals surface area contributed by atoms with Crippen LogP contribution in [0.25, 0.3) is 0 Å². The lowest BCUT2D eigenvalue weighted by Crippen LogP contribution is -2.21. The summed E-state index contributed by atoms with van der Waals surface area (Å²) in [5, 5.41) is 9.54. The van der Waals surface area contributed by atoms with Crippen molar-refractivity contribution in [3.63, 3.8) is 0 Å². The third kappa shape index (κ3) is 3.11. The monoisotopic (exact) mass is 275 g/mol. The van der Waals surface area contributed by atoms with Gasteiger partial charge >= 0.3 is 5.69 Å². The molecule has 2 aromatic heterocycles. The van der Waals surface area contributed by atoms with Crippen LogP contribution in [0.1, 0.15) is 29.6 Å². The van der Waals surface area contributed by atoms with Crippen LogP contribution in [-0.4, -0.2) is 26.1 Å². The molecule has 0 saturated carbocycles. The Labute approximate surface area is 115 Å². The molecular formula is C13H17N5O2. The smallest absolute Gasteiger partial charge is 0.310 e. The number of anilines is 1. The first-order valence-electron chi connectivity index (χ1n) is 6.40. The van der Waals surface area contributed by atoms with E-state index in [0.29, 0.717) is 17.2 Å². The average molecular weight is 275 g/mol. The molecule has 0 fully saturated rings. The number of H-pyrrole nitrogens is 2. The minimum absolute atomic E-state index is 0.149. The molecule has 20 heavy (non-hydrogen) atoms. The van der Waals surface area contributed by atoms with E-state index in [1.807, 2.05) is 6.92 Å². The number of nitrogens with zero attached hydrogens (tertiary/aromatic N) is 2. The SMILES string of the molecule is CCc1cc(NC(=O)Cc2c(C)nc(=O)[nH]c2C)n[nH]1. The molecule has 0 aliphatic carbocycles. The molecule has 0 aliphatic heterocycles. The number of rotatable bonds is 4. The first-order valence-corrected chi connectivity index (χ1v) is 6.40. The fraction of sp³-hybridized carbons (Fsp3) is 0.385. The zero-order valence-electron chi connectivity index (χ0n) is 11.7. The molecule has 0 aromatic carbocycles. The zero-order chi connectivity index (χ0) is 14.7. The van der Waals surface area contributed by atoms with E-state index in [9.17, 15) is 9.59 Å². The molecule has 0 saturated heterocycles. The number of carbonyl (C=O) groups is 1. The van der Waals surface area contributed by atoms with Crippen molar-refractivity contribution in [3.05, 3.63) is 39.2 Å². The van der Waals surface area contributed by atoms with Crippen molar-refractivity contribution < 1.29 is 4.79 Å². The van der Waals surface area contributed by atoms with E-state index < -0.39 is 5.69 Å². The Morgan fingerprint density at radius 3 is 2.75 bits per heavy atom. The summed E-state index contributed by atoms with van der Waals surface area (Å²) >= 11 is 0. The number of hydrogen-bond acceptors (Lipinski definition) is 4. The minimum Gasteiger partial charge on any atom is -0.310 e.